The molecule has 0 aromatic heterocycles. The number of fused-ring (bicyclic) bond motifs is 1. The van der Waals surface area contributed by atoms with Crippen molar-refractivity contribution < 1.29 is 27.4 Å². The molecule has 1 heterocycles. The van der Waals surface area contributed by atoms with E-state index < -0.39 is 22.0 Å². The van der Waals surface area contributed by atoms with Crippen molar-refractivity contribution in [3.63, 3.8) is 0 Å². The molecular formula is C19H22N2O6S. The molecule has 1 amide bonds. The van der Waals surface area contributed by atoms with Gasteiger partial charge in [0, 0.05) is 0 Å². The summed E-state index contributed by atoms with van der Waals surface area (Å²) in [5.41, 5.74) is 0.428. The highest BCUT2D eigenvalue weighted by Gasteiger charge is 2.34. The van der Waals surface area contributed by atoms with Gasteiger partial charge in [-0.1, -0.05) is 12.1 Å². The van der Waals surface area contributed by atoms with Crippen molar-refractivity contribution in [1.29, 1.82) is 0 Å². The fourth-order valence-electron chi connectivity index (χ4n) is 2.78. The zero-order chi connectivity index (χ0) is 20.1. The Kier molecular flexibility index (Phi) is 5.93. The number of carbonyl (C=O) groups is 1. The Hall–Kier alpha value is -2.94. The summed E-state index contributed by atoms with van der Waals surface area (Å²) in [7, 11) is -1.95. The number of ether oxygens (including phenoxy) is 3. The largest absolute Gasteiger partial charge is 0.497 e. The highest BCUT2D eigenvalue weighted by Crippen LogP contribution is 2.34. The molecule has 9 heteroatoms. The molecule has 2 aromatic carbocycles. The summed E-state index contributed by atoms with van der Waals surface area (Å²) in [4.78, 5) is 12.4. The van der Waals surface area contributed by atoms with Crippen LogP contribution >= 0.6 is 0 Å². The normalized spacial score (nSPS) is 15.9. The Morgan fingerprint density at radius 3 is 2.54 bits per heavy atom. The highest BCUT2D eigenvalue weighted by molar-refractivity contribution is 7.92. The lowest BCUT2D eigenvalue weighted by molar-refractivity contribution is -0.127. The van der Waals surface area contributed by atoms with Crippen LogP contribution in [0.25, 0.3) is 0 Å². The minimum atomic E-state index is -3.53. The minimum Gasteiger partial charge on any atom is -0.497 e. The van der Waals surface area contributed by atoms with E-state index in [9.17, 15) is 13.2 Å². The first-order valence-electron chi connectivity index (χ1n) is 8.66. The van der Waals surface area contributed by atoms with Crippen molar-refractivity contribution in [2.45, 2.75) is 6.10 Å². The molecule has 0 fully saturated rings. The van der Waals surface area contributed by atoms with Crippen LogP contribution in [0.2, 0.25) is 0 Å². The Morgan fingerprint density at radius 2 is 1.86 bits per heavy atom. The van der Waals surface area contributed by atoms with Gasteiger partial charge in [-0.25, -0.2) is 8.42 Å². The first-order chi connectivity index (χ1) is 13.4. The van der Waals surface area contributed by atoms with Gasteiger partial charge in [-0.3, -0.25) is 9.10 Å². The molecule has 0 radical (unpaired) electrons. The molecule has 2 aromatic rings. The number of nitrogens with zero attached hydrogens (tertiary/aromatic N) is 1. The maximum atomic E-state index is 12.4. The molecule has 0 saturated carbocycles. The number of amides is 1. The van der Waals surface area contributed by atoms with Gasteiger partial charge >= 0.3 is 0 Å². The topological polar surface area (TPSA) is 94.2 Å². The van der Waals surface area contributed by atoms with Crippen LogP contribution in [0, 0.1) is 0 Å². The first kappa shape index (κ1) is 19.8. The minimum absolute atomic E-state index is 0.0823. The molecule has 0 bridgehead atoms. The van der Waals surface area contributed by atoms with Crippen LogP contribution in [0.1, 0.15) is 0 Å². The van der Waals surface area contributed by atoms with Crippen molar-refractivity contribution in [2.75, 3.05) is 37.4 Å². The summed E-state index contributed by atoms with van der Waals surface area (Å²) >= 11 is 0. The van der Waals surface area contributed by atoms with Crippen LogP contribution in [0.4, 0.5) is 5.69 Å². The Morgan fingerprint density at radius 1 is 1.18 bits per heavy atom. The van der Waals surface area contributed by atoms with E-state index in [2.05, 4.69) is 5.32 Å². The van der Waals surface area contributed by atoms with Gasteiger partial charge in [-0.15, -0.1) is 0 Å². The fraction of sp³-hybridized carbons (Fsp3) is 0.316. The third-order valence-electron chi connectivity index (χ3n) is 4.16. The van der Waals surface area contributed by atoms with Crippen LogP contribution in [0.5, 0.6) is 17.2 Å². The van der Waals surface area contributed by atoms with E-state index in [1.54, 1.807) is 55.6 Å². The molecule has 150 valence electrons. The van der Waals surface area contributed by atoms with Crippen LogP contribution < -0.4 is 23.8 Å². The number of hydrogen-bond donors (Lipinski definition) is 1. The summed E-state index contributed by atoms with van der Waals surface area (Å²) in [6.07, 6.45) is 0.165. The number of sulfonamides is 1. The smallest absolute Gasteiger partial charge is 0.263 e. The van der Waals surface area contributed by atoms with Gasteiger partial charge < -0.3 is 19.5 Å². The summed E-state index contributed by atoms with van der Waals surface area (Å²) in [5.74, 6) is 1.34. The molecule has 28 heavy (non-hydrogen) atoms. The number of anilines is 1. The highest BCUT2D eigenvalue weighted by atomic mass is 32.2. The van der Waals surface area contributed by atoms with Gasteiger partial charge in [0.2, 0.25) is 10.0 Å². The average molecular weight is 406 g/mol. The standard InChI is InChI=1S/C19H22N2O6S/c1-25-14-7-9-15(10-8-14)26-12-11-20-19(22)18-13-21(28(2,23)24)16-5-3-4-6-17(16)27-18/h3-10,18H,11-13H2,1-2H3,(H,20,22)/t18-/m1/s1. The van der Waals surface area contributed by atoms with E-state index in [0.717, 1.165) is 12.0 Å². The molecule has 1 N–H and O–H groups in total. The third-order valence-corrected chi connectivity index (χ3v) is 5.30. The number of benzene rings is 2. The number of methoxy groups -OCH3 is 1. The van der Waals surface area contributed by atoms with Crippen LogP contribution in [-0.4, -0.2) is 53.5 Å². The molecule has 0 unspecified atom stereocenters. The lowest BCUT2D eigenvalue weighted by Gasteiger charge is -2.33. The van der Waals surface area contributed by atoms with E-state index in [-0.39, 0.29) is 19.7 Å². The molecule has 8 nitrogen and oxygen atoms in total. The van der Waals surface area contributed by atoms with Crippen molar-refractivity contribution in [3.8, 4) is 17.2 Å². The number of rotatable bonds is 7. The Balaban J connectivity index is 1.55. The molecule has 0 saturated heterocycles. The van der Waals surface area contributed by atoms with E-state index in [0.29, 0.717) is 17.2 Å². The van der Waals surface area contributed by atoms with Gasteiger partial charge in [0.05, 0.1) is 32.1 Å². The fourth-order valence-corrected chi connectivity index (χ4v) is 3.70. The van der Waals surface area contributed by atoms with Gasteiger partial charge in [0.15, 0.2) is 6.10 Å². The predicted molar refractivity (Wildman–Crippen MR) is 105 cm³/mol. The summed E-state index contributed by atoms with van der Waals surface area (Å²) in [6.45, 7) is 0.434. The number of hydrogen-bond acceptors (Lipinski definition) is 6. The van der Waals surface area contributed by atoms with E-state index in [4.69, 9.17) is 14.2 Å². The zero-order valence-electron chi connectivity index (χ0n) is 15.6. The maximum Gasteiger partial charge on any atom is 0.263 e. The van der Waals surface area contributed by atoms with Crippen LogP contribution in [-0.2, 0) is 14.8 Å². The van der Waals surface area contributed by atoms with Gasteiger partial charge in [-0.05, 0) is 36.4 Å². The molecule has 0 aliphatic carbocycles. The Labute approximate surface area is 164 Å². The van der Waals surface area contributed by atoms with E-state index in [1.165, 1.54) is 4.31 Å². The van der Waals surface area contributed by atoms with Crippen molar-refractivity contribution in [2.24, 2.45) is 0 Å². The SMILES string of the molecule is COc1ccc(OCCNC(=O)[C@H]2CN(S(C)(=O)=O)c3ccccc3O2)cc1. The first-order valence-corrected chi connectivity index (χ1v) is 10.5. The monoisotopic (exact) mass is 406 g/mol. The molecule has 3 rings (SSSR count). The summed E-state index contributed by atoms with van der Waals surface area (Å²) in [6, 6.07) is 13.8. The number of carbonyl (C=O) groups excluding carboxylic acids is 1. The molecule has 1 aliphatic rings. The van der Waals surface area contributed by atoms with Crippen molar-refractivity contribution in [1.82, 2.24) is 5.32 Å². The number of para-hydroxylation sites is 2. The van der Waals surface area contributed by atoms with Crippen molar-refractivity contribution >= 4 is 21.6 Å². The third kappa shape index (κ3) is 4.66. The second kappa shape index (κ2) is 8.39. The van der Waals surface area contributed by atoms with Crippen molar-refractivity contribution in [3.05, 3.63) is 48.5 Å². The van der Waals surface area contributed by atoms with E-state index in [1.807, 2.05) is 0 Å². The van der Waals surface area contributed by atoms with Gasteiger partial charge in [-0.2, -0.15) is 0 Å². The Bertz CT molecular complexity index is 930. The molecule has 1 aliphatic heterocycles. The second-order valence-electron chi connectivity index (χ2n) is 6.18. The lowest BCUT2D eigenvalue weighted by Crippen LogP contribution is -2.51. The quantitative estimate of drug-likeness (QED) is 0.699. The summed E-state index contributed by atoms with van der Waals surface area (Å²) < 4.78 is 41.7. The van der Waals surface area contributed by atoms with Crippen LogP contribution in [0.15, 0.2) is 48.5 Å². The molecule has 0 spiro atoms. The predicted octanol–water partition coefficient (Wildman–Crippen LogP) is 1.42. The van der Waals surface area contributed by atoms with E-state index >= 15 is 0 Å². The summed E-state index contributed by atoms with van der Waals surface area (Å²) in [5, 5.41) is 2.71. The average Bonchev–Trinajstić information content (AvgIpc) is 2.70. The molecular weight excluding hydrogens is 384 g/mol. The number of nitrogens with one attached hydrogen (secondary N) is 1. The van der Waals surface area contributed by atoms with Gasteiger partial charge in [0.1, 0.15) is 23.9 Å². The lowest BCUT2D eigenvalue weighted by atomic mass is 10.2. The zero-order valence-corrected chi connectivity index (χ0v) is 16.4. The molecule has 1 atom stereocenters. The second-order valence-corrected chi connectivity index (χ2v) is 8.09. The van der Waals surface area contributed by atoms with Crippen LogP contribution in [0.3, 0.4) is 0 Å². The van der Waals surface area contributed by atoms with Gasteiger partial charge in [0.25, 0.3) is 5.91 Å². The maximum absolute atomic E-state index is 12.4.